The van der Waals surface area contributed by atoms with Gasteiger partial charge in [-0.1, -0.05) is 30.3 Å². The molecule has 0 saturated carbocycles. The molecule has 0 aliphatic rings. The lowest BCUT2D eigenvalue weighted by atomic mass is 10.1. The number of rotatable bonds is 4. The van der Waals surface area contributed by atoms with Crippen molar-refractivity contribution in [2.24, 2.45) is 0 Å². The number of aldehydes is 1. The maximum absolute atomic E-state index is 11.1. The van der Waals surface area contributed by atoms with Crippen LogP contribution in [0.2, 0.25) is 0 Å². The molecule has 0 N–H and O–H groups in total. The van der Waals surface area contributed by atoms with Crippen LogP contribution < -0.4 is 4.74 Å². The normalized spacial score (nSPS) is 9.68. The molecule has 0 aromatic heterocycles. The van der Waals surface area contributed by atoms with Crippen LogP contribution in [0.1, 0.15) is 27.0 Å². The van der Waals surface area contributed by atoms with E-state index in [-0.39, 0.29) is 6.61 Å². The van der Waals surface area contributed by atoms with E-state index in [2.05, 4.69) is 6.07 Å². The molecule has 0 spiro atoms. The van der Waals surface area contributed by atoms with Crippen molar-refractivity contribution in [1.82, 2.24) is 0 Å². The second kappa shape index (κ2) is 5.83. The van der Waals surface area contributed by atoms with Gasteiger partial charge in [-0.05, 0) is 24.6 Å². The number of carbonyl (C=O) groups excluding carboxylic acids is 1. The monoisotopic (exact) mass is 251 g/mol. The fourth-order valence-corrected chi connectivity index (χ4v) is 1.84. The predicted octanol–water partition coefficient (Wildman–Crippen LogP) is 3.26. The third-order valence-corrected chi connectivity index (χ3v) is 2.92. The molecule has 0 aliphatic carbocycles. The summed E-state index contributed by atoms with van der Waals surface area (Å²) in [5.74, 6) is 0.544. The van der Waals surface area contributed by atoms with E-state index >= 15 is 0 Å². The third-order valence-electron chi connectivity index (χ3n) is 2.92. The molecule has 94 valence electrons. The molecule has 3 heteroatoms. The van der Waals surface area contributed by atoms with Crippen LogP contribution in [0.5, 0.6) is 5.75 Å². The van der Waals surface area contributed by atoms with Gasteiger partial charge in [0.05, 0.1) is 17.2 Å². The molecule has 0 heterocycles. The molecule has 2 rings (SSSR count). The smallest absolute Gasteiger partial charge is 0.154 e. The molecule has 2 aromatic rings. The van der Waals surface area contributed by atoms with E-state index in [4.69, 9.17) is 10.00 Å². The van der Waals surface area contributed by atoms with Crippen molar-refractivity contribution < 1.29 is 9.53 Å². The van der Waals surface area contributed by atoms with Crippen LogP contribution in [0.15, 0.2) is 42.5 Å². The zero-order valence-corrected chi connectivity index (χ0v) is 10.6. The summed E-state index contributed by atoms with van der Waals surface area (Å²) in [7, 11) is 0. The second-order valence-electron chi connectivity index (χ2n) is 4.16. The highest BCUT2D eigenvalue weighted by molar-refractivity contribution is 5.81. The Labute approximate surface area is 112 Å². The Morgan fingerprint density at radius 3 is 2.74 bits per heavy atom. The summed E-state index contributed by atoms with van der Waals surface area (Å²) in [6, 6.07) is 14.8. The highest BCUT2D eigenvalue weighted by Crippen LogP contribution is 2.21. The number of carbonyl (C=O) groups is 1. The maximum atomic E-state index is 11.1. The van der Waals surface area contributed by atoms with E-state index in [0.29, 0.717) is 16.9 Å². The average Bonchev–Trinajstić information content (AvgIpc) is 2.45. The van der Waals surface area contributed by atoms with Gasteiger partial charge in [0.2, 0.25) is 0 Å². The van der Waals surface area contributed by atoms with Crippen molar-refractivity contribution in [2.45, 2.75) is 13.5 Å². The van der Waals surface area contributed by atoms with Gasteiger partial charge in [0, 0.05) is 5.56 Å². The van der Waals surface area contributed by atoms with Crippen molar-refractivity contribution in [1.29, 1.82) is 5.26 Å². The van der Waals surface area contributed by atoms with Gasteiger partial charge in [-0.25, -0.2) is 0 Å². The average molecular weight is 251 g/mol. The summed E-state index contributed by atoms with van der Waals surface area (Å²) in [6.45, 7) is 2.13. The Morgan fingerprint density at radius 1 is 1.21 bits per heavy atom. The third kappa shape index (κ3) is 2.80. The Morgan fingerprint density at radius 2 is 2.00 bits per heavy atom. The number of nitriles is 1. The zero-order chi connectivity index (χ0) is 13.7. The number of hydrogen-bond acceptors (Lipinski definition) is 3. The van der Waals surface area contributed by atoms with E-state index in [1.54, 1.807) is 12.1 Å². The number of hydrogen-bond donors (Lipinski definition) is 0. The van der Waals surface area contributed by atoms with Crippen LogP contribution in [-0.4, -0.2) is 6.29 Å². The van der Waals surface area contributed by atoms with Gasteiger partial charge >= 0.3 is 0 Å². The highest BCUT2D eigenvalue weighted by atomic mass is 16.5. The first kappa shape index (κ1) is 12.8. The lowest BCUT2D eigenvalue weighted by molar-refractivity contribution is 0.111. The van der Waals surface area contributed by atoms with Crippen LogP contribution in [0.4, 0.5) is 0 Å². The van der Waals surface area contributed by atoms with E-state index in [9.17, 15) is 4.79 Å². The molecule has 0 radical (unpaired) electrons. The largest absolute Gasteiger partial charge is 0.488 e. The van der Waals surface area contributed by atoms with Crippen LogP contribution in [-0.2, 0) is 6.61 Å². The highest BCUT2D eigenvalue weighted by Gasteiger charge is 2.07. The summed E-state index contributed by atoms with van der Waals surface area (Å²) in [4.78, 5) is 11.1. The summed E-state index contributed by atoms with van der Waals surface area (Å²) in [5.41, 5.74) is 2.82. The summed E-state index contributed by atoms with van der Waals surface area (Å²) in [5, 5.41) is 9.00. The van der Waals surface area contributed by atoms with Crippen molar-refractivity contribution >= 4 is 6.29 Å². The molecule has 0 atom stereocenters. The molecule has 2 aromatic carbocycles. The quantitative estimate of drug-likeness (QED) is 0.784. The van der Waals surface area contributed by atoms with Crippen LogP contribution in [0.3, 0.4) is 0 Å². The molecular formula is C16H13NO2. The van der Waals surface area contributed by atoms with Gasteiger partial charge in [-0.2, -0.15) is 5.26 Å². The maximum Gasteiger partial charge on any atom is 0.154 e. The Hall–Kier alpha value is -2.60. The molecule has 0 unspecified atom stereocenters. The summed E-state index contributed by atoms with van der Waals surface area (Å²) in [6.07, 6.45) is 0.793. The second-order valence-corrected chi connectivity index (χ2v) is 4.16. The minimum Gasteiger partial charge on any atom is -0.488 e. The van der Waals surface area contributed by atoms with Crippen LogP contribution >= 0.6 is 0 Å². The van der Waals surface area contributed by atoms with E-state index in [1.807, 2.05) is 37.3 Å². The number of benzene rings is 2. The van der Waals surface area contributed by atoms with Crippen molar-refractivity contribution in [2.75, 3.05) is 0 Å². The van der Waals surface area contributed by atoms with Gasteiger partial charge in [-0.15, -0.1) is 0 Å². The molecule has 0 saturated heterocycles. The molecule has 19 heavy (non-hydrogen) atoms. The van der Waals surface area contributed by atoms with Gasteiger partial charge in [0.25, 0.3) is 0 Å². The number of nitrogens with zero attached hydrogens (tertiary/aromatic N) is 1. The molecule has 0 bridgehead atoms. The van der Waals surface area contributed by atoms with Crippen molar-refractivity contribution in [3.8, 4) is 11.8 Å². The lowest BCUT2D eigenvalue weighted by Crippen LogP contribution is -2.01. The zero-order valence-electron chi connectivity index (χ0n) is 10.6. The van der Waals surface area contributed by atoms with Crippen LogP contribution in [0.25, 0.3) is 0 Å². The van der Waals surface area contributed by atoms with E-state index in [1.165, 1.54) is 0 Å². The predicted molar refractivity (Wildman–Crippen MR) is 72.1 cm³/mol. The molecule has 3 nitrogen and oxygen atoms in total. The van der Waals surface area contributed by atoms with Crippen molar-refractivity contribution in [3.05, 3.63) is 64.7 Å². The molecule has 0 fully saturated rings. The summed E-state index contributed by atoms with van der Waals surface area (Å²) >= 11 is 0. The topological polar surface area (TPSA) is 50.1 Å². The Bertz CT molecular complexity index is 641. The molecule has 0 aliphatic heterocycles. The number of aryl methyl sites for hydroxylation is 1. The first-order valence-corrected chi connectivity index (χ1v) is 5.92. The fraction of sp³-hybridized carbons (Fsp3) is 0.125. The van der Waals surface area contributed by atoms with Gasteiger partial charge in [0.1, 0.15) is 12.4 Å². The molecular weight excluding hydrogens is 238 g/mol. The van der Waals surface area contributed by atoms with E-state index < -0.39 is 0 Å². The van der Waals surface area contributed by atoms with Gasteiger partial charge in [0.15, 0.2) is 6.29 Å². The SMILES string of the molecule is Cc1cccc(OCc2ccccc2C#N)c1C=O. The number of ether oxygens (including phenoxy) is 1. The van der Waals surface area contributed by atoms with Gasteiger partial charge in [-0.3, -0.25) is 4.79 Å². The van der Waals surface area contributed by atoms with E-state index in [0.717, 1.165) is 17.4 Å². The van der Waals surface area contributed by atoms with Gasteiger partial charge < -0.3 is 4.74 Å². The van der Waals surface area contributed by atoms with Crippen molar-refractivity contribution in [3.63, 3.8) is 0 Å². The Kier molecular flexibility index (Phi) is 3.94. The Balaban J connectivity index is 2.22. The standard InChI is InChI=1S/C16H13NO2/c1-12-5-4-8-16(15(12)10-18)19-11-14-7-3-2-6-13(14)9-17/h2-8,10H,11H2,1H3. The minimum atomic E-state index is 0.272. The first-order chi connectivity index (χ1) is 9.26. The lowest BCUT2D eigenvalue weighted by Gasteiger charge is -2.10. The molecule has 0 amide bonds. The first-order valence-electron chi connectivity index (χ1n) is 5.92. The minimum absolute atomic E-state index is 0.272. The fourth-order valence-electron chi connectivity index (χ4n) is 1.84. The summed E-state index contributed by atoms with van der Waals surface area (Å²) < 4.78 is 5.66. The van der Waals surface area contributed by atoms with Crippen LogP contribution in [0, 0.1) is 18.3 Å².